The number of benzene rings is 6. The molecule has 0 spiro atoms. The fraction of sp³-hybridized carbons (Fsp3) is 0.345. The molecule has 6 aromatic rings. The molecular formula is C58H70O2S2Ti-2. The van der Waals surface area contributed by atoms with Crippen LogP contribution < -0.4 is 0 Å². The van der Waals surface area contributed by atoms with Crippen molar-refractivity contribution in [2.45, 2.75) is 127 Å². The van der Waals surface area contributed by atoms with Gasteiger partial charge in [-0.2, -0.15) is 49.2 Å². The zero-order valence-corrected chi connectivity index (χ0v) is 42.3. The number of fused-ring (bicyclic) bond motifs is 1. The van der Waals surface area contributed by atoms with Gasteiger partial charge in [-0.15, -0.1) is 24.3 Å². The van der Waals surface area contributed by atoms with E-state index in [1.807, 2.05) is 60.7 Å². The maximum Gasteiger partial charge on any atom is -0.0866 e. The molecule has 1 aliphatic carbocycles. The summed E-state index contributed by atoms with van der Waals surface area (Å²) in [6.07, 6.45) is 8.02. The van der Waals surface area contributed by atoms with Gasteiger partial charge in [-0.25, -0.2) is 0 Å². The largest absolute Gasteiger partial charge is 0.199 e. The molecule has 6 aromatic carbocycles. The molecule has 63 heavy (non-hydrogen) atoms. The minimum atomic E-state index is -0.309. The Morgan fingerprint density at radius 3 is 1.16 bits per heavy atom. The van der Waals surface area contributed by atoms with Crippen LogP contribution in [0.4, 0.5) is 0 Å². The summed E-state index contributed by atoms with van der Waals surface area (Å²) in [5.41, 5.74) is 13.7. The van der Waals surface area contributed by atoms with Crippen molar-refractivity contribution in [3.63, 3.8) is 0 Å². The number of aromatic hydroxyl groups is 2. The first-order valence-electron chi connectivity index (χ1n) is 22.7. The summed E-state index contributed by atoms with van der Waals surface area (Å²) in [5, 5.41) is 25.4. The van der Waals surface area contributed by atoms with Gasteiger partial charge in [0.15, 0.2) is 0 Å². The van der Waals surface area contributed by atoms with Gasteiger partial charge in [0.1, 0.15) is 0 Å². The van der Waals surface area contributed by atoms with Crippen molar-refractivity contribution < 1.29 is 25.7 Å². The van der Waals surface area contributed by atoms with Crippen LogP contribution in [0.1, 0.15) is 125 Å². The molecule has 2 nitrogen and oxygen atoms in total. The molecule has 0 aromatic heterocycles. The number of hydrogen-bond donors (Lipinski definition) is 2. The average Bonchev–Trinajstić information content (AvgIpc) is 3.53. The molecule has 2 N–H and O–H groups in total. The molecule has 0 amide bonds. The van der Waals surface area contributed by atoms with Crippen LogP contribution in [0.25, 0.3) is 22.3 Å². The van der Waals surface area contributed by atoms with E-state index in [0.29, 0.717) is 27.4 Å². The minimum Gasteiger partial charge on any atom is -0.199 e. The predicted octanol–water partition coefficient (Wildman–Crippen LogP) is 16.6. The van der Waals surface area contributed by atoms with Gasteiger partial charge < -0.3 is 0 Å². The van der Waals surface area contributed by atoms with E-state index in [9.17, 15) is 10.2 Å². The summed E-state index contributed by atoms with van der Waals surface area (Å²) in [7, 11) is 0.583. The Bertz CT molecular complexity index is 2330. The summed E-state index contributed by atoms with van der Waals surface area (Å²) in [4.78, 5) is 0. The normalized spacial score (nSPS) is 18.5. The first-order chi connectivity index (χ1) is 30.0. The predicted molar refractivity (Wildman–Crippen MR) is 274 cm³/mol. The van der Waals surface area contributed by atoms with Gasteiger partial charge in [-0.1, -0.05) is 12.1 Å². The van der Waals surface area contributed by atoms with Crippen LogP contribution in [0.3, 0.4) is 0 Å². The molecule has 4 atom stereocenters. The molecule has 2 unspecified atom stereocenters. The Balaban J connectivity index is 0.000000399. The second-order valence-corrected chi connectivity index (χ2v) is 31.0. The summed E-state index contributed by atoms with van der Waals surface area (Å²) < 4.78 is 0. The van der Waals surface area contributed by atoms with Gasteiger partial charge >= 0.3 is 308 Å². The molecule has 1 aliphatic heterocycles. The van der Waals surface area contributed by atoms with Crippen LogP contribution >= 0.6 is 15.9 Å². The van der Waals surface area contributed by atoms with E-state index >= 15 is 0 Å². The van der Waals surface area contributed by atoms with Gasteiger partial charge in [-0.3, -0.25) is 0 Å². The van der Waals surface area contributed by atoms with Crippen molar-refractivity contribution in [2.24, 2.45) is 0 Å². The second-order valence-electron chi connectivity index (χ2n) is 19.6. The topological polar surface area (TPSA) is 40.5 Å². The maximum atomic E-state index is 11.9. The fourth-order valence-electron chi connectivity index (χ4n) is 8.27. The zero-order chi connectivity index (χ0) is 45.3. The van der Waals surface area contributed by atoms with Crippen LogP contribution in [0, 0.1) is 27.7 Å². The first kappa shape index (κ1) is 48.5. The number of phenols is 2. The third-order valence-corrected chi connectivity index (χ3v) is 28.2. The smallest absolute Gasteiger partial charge is 0.0866 e. The van der Waals surface area contributed by atoms with E-state index in [1.54, 1.807) is 0 Å². The monoisotopic (exact) mass is 910 g/mol. The molecule has 1 saturated carbocycles. The van der Waals surface area contributed by atoms with E-state index in [2.05, 4.69) is 142 Å². The van der Waals surface area contributed by atoms with Crippen LogP contribution in [-0.2, 0) is 37.8 Å². The number of aryl methyl sites for hydroxylation is 2. The Kier molecular flexibility index (Phi) is 16.8. The van der Waals surface area contributed by atoms with Crippen molar-refractivity contribution in [3.8, 4) is 33.8 Å². The summed E-state index contributed by atoms with van der Waals surface area (Å²) in [5.74, 6) is 2.98. The molecule has 332 valence electrons. The Morgan fingerprint density at radius 1 is 0.508 bits per heavy atom. The Morgan fingerprint density at radius 2 is 0.857 bits per heavy atom. The van der Waals surface area contributed by atoms with Gasteiger partial charge in [0.05, 0.1) is 0 Å². The average molecular weight is 911 g/mol. The van der Waals surface area contributed by atoms with Crippen molar-refractivity contribution in [1.82, 2.24) is 0 Å². The zero-order valence-electron chi connectivity index (χ0n) is 39.1. The van der Waals surface area contributed by atoms with E-state index < -0.39 is 0 Å². The molecule has 0 saturated heterocycles. The molecule has 0 radical (unpaired) electrons. The van der Waals surface area contributed by atoms with Crippen LogP contribution in [0.15, 0.2) is 133 Å². The summed E-state index contributed by atoms with van der Waals surface area (Å²) >= 11 is -0.309. The van der Waals surface area contributed by atoms with Crippen molar-refractivity contribution in [2.75, 3.05) is 0 Å². The maximum absolute atomic E-state index is 11.9. The molecule has 5 heteroatoms. The van der Waals surface area contributed by atoms with Crippen molar-refractivity contribution in [1.29, 1.82) is 0 Å². The Hall–Kier alpha value is -3.93. The fourth-order valence-corrected chi connectivity index (χ4v) is 29.1. The molecule has 1 heterocycles. The summed E-state index contributed by atoms with van der Waals surface area (Å²) in [6, 6.07) is 46.2. The Labute approximate surface area is 391 Å². The third kappa shape index (κ3) is 13.3. The second kappa shape index (κ2) is 21.8. The number of phenolic OH excluding ortho intramolecular Hbond substituents is 2. The van der Waals surface area contributed by atoms with E-state index in [-0.39, 0.29) is 26.3 Å². The standard InChI is InChI=1S/C44H56O2S2.2C7H7.Ti/c1-29-15-19-31(20-16-29)37-25-35(43(3,4)5)23-33(41(37)45)27-47-39-13-11-9-10-12-14-40(39)48-28-34-24-36(44(6,7)8)26-38(42(34)46)32-21-17-30(2)18-22-32;2*1-7-5-3-2-4-6-7;/h15-26,39-40,45-46H,9-14,27-28H2,1-8H3;2*2-6H,1H2;/q;2*-1;/t39-,40?;;;/m0.../s1. The van der Waals surface area contributed by atoms with Crippen LogP contribution in [-0.4, -0.2) is 20.7 Å². The van der Waals surface area contributed by atoms with Gasteiger partial charge in [0.2, 0.25) is 0 Å². The van der Waals surface area contributed by atoms with Gasteiger partial charge in [-0.05, 0) is 0 Å². The minimum absolute atomic E-state index is 0.00518. The molecule has 2 aliphatic rings. The number of rotatable bonds is 6. The summed E-state index contributed by atoms with van der Waals surface area (Å²) in [6.45, 7) is 25.4. The molecular weight excluding hydrogens is 841 g/mol. The van der Waals surface area contributed by atoms with Crippen LogP contribution in [0.2, 0.25) is 0 Å². The molecule has 0 bridgehead atoms. The van der Waals surface area contributed by atoms with E-state index in [4.69, 9.17) is 0 Å². The molecule has 1 fully saturated rings. The quantitative estimate of drug-likeness (QED) is 0.129. The molecule has 8 rings (SSSR count). The van der Waals surface area contributed by atoms with Gasteiger partial charge in [0.25, 0.3) is 0 Å². The van der Waals surface area contributed by atoms with Gasteiger partial charge in [0, 0.05) is 0 Å². The van der Waals surface area contributed by atoms with Crippen LogP contribution in [0.5, 0.6) is 11.5 Å². The van der Waals surface area contributed by atoms with E-state index in [1.165, 1.54) is 60.8 Å². The van der Waals surface area contributed by atoms with Crippen molar-refractivity contribution in [3.05, 3.63) is 192 Å². The van der Waals surface area contributed by atoms with E-state index in [0.717, 1.165) is 66.5 Å². The third-order valence-electron chi connectivity index (χ3n) is 12.2. The number of hydrogen-bond acceptors (Lipinski definition) is 2. The first-order valence-corrected chi connectivity index (χ1v) is 29.5. The SMILES string of the molecule is Cc1ccc(-c2cc(C(C)(C)C)cc(C[S]3=[Ti]=[S@@](Cc4cc(C(C)(C)C)cc(-c5ccc(C)cc5)c4O)C4CCCCCC[C@@H]43)c2O)cc1.[CH2-]c1ccccc1.[CH2-]c1ccccc1. The van der Waals surface area contributed by atoms with Crippen molar-refractivity contribution >= 4 is 15.9 Å².